The number of sulfonamides is 1. The van der Waals surface area contributed by atoms with Crippen LogP contribution >= 0.6 is 0 Å². The third kappa shape index (κ3) is 4.10. The molecular weight excluding hydrogens is 396 g/mol. The predicted molar refractivity (Wildman–Crippen MR) is 118 cm³/mol. The van der Waals surface area contributed by atoms with Crippen LogP contribution in [0.2, 0.25) is 0 Å². The molecule has 0 amide bonds. The number of hydrogen-bond acceptors (Lipinski definition) is 4. The largest absolute Gasteiger partial charge is 0.346 e. The molecule has 0 saturated carbocycles. The molecule has 4 rings (SSSR count). The van der Waals surface area contributed by atoms with E-state index in [4.69, 9.17) is 5.26 Å². The zero-order valence-electron chi connectivity index (χ0n) is 15.7. The summed E-state index contributed by atoms with van der Waals surface area (Å²) in [6.45, 7) is 2.15. The van der Waals surface area contributed by atoms with Gasteiger partial charge in [-0.25, -0.2) is 18.1 Å². The number of aryl methyl sites for hydroxylation is 1. The smallest absolute Gasteiger partial charge is 0.240 e. The van der Waals surface area contributed by atoms with Crippen molar-refractivity contribution in [2.75, 3.05) is 0 Å². The second kappa shape index (κ2) is 8.49. The number of rotatable bonds is 5. The molecule has 30 heavy (non-hydrogen) atoms. The van der Waals surface area contributed by atoms with E-state index < -0.39 is 10.0 Å². The average molecular weight is 419 g/mol. The first-order valence-corrected chi connectivity index (χ1v) is 10.5. The van der Waals surface area contributed by atoms with Crippen LogP contribution in [0.15, 0.2) is 71.9 Å². The highest BCUT2D eigenvalue weighted by Gasteiger charge is 2.17. The molecule has 0 aliphatic rings. The summed E-state index contributed by atoms with van der Waals surface area (Å²) in [4.78, 5) is 7.61. The topological polar surface area (TPSA) is 98.6 Å². The van der Waals surface area contributed by atoms with E-state index >= 15 is 0 Å². The molecule has 6 nitrogen and oxygen atoms in total. The molecule has 0 unspecified atom stereocenters. The lowest BCUT2D eigenvalue weighted by Gasteiger charge is -2.09. The molecule has 0 saturated heterocycles. The van der Waals surface area contributed by atoms with Gasteiger partial charge in [0.15, 0.2) is 0 Å². The van der Waals surface area contributed by atoms with Crippen molar-refractivity contribution in [2.45, 2.75) is 25.8 Å². The first-order valence-electron chi connectivity index (χ1n) is 9.00. The fourth-order valence-corrected chi connectivity index (χ4v) is 4.29. The second-order valence-electron chi connectivity index (χ2n) is 6.73. The van der Waals surface area contributed by atoms with Gasteiger partial charge in [0.1, 0.15) is 5.65 Å². The molecule has 0 spiro atoms. The van der Waals surface area contributed by atoms with E-state index in [-0.39, 0.29) is 18.9 Å². The lowest BCUT2D eigenvalue weighted by molar-refractivity contribution is 0.581. The summed E-state index contributed by atoms with van der Waals surface area (Å²) >= 11 is 0. The van der Waals surface area contributed by atoms with E-state index in [1.54, 1.807) is 12.4 Å². The number of aromatic amines is 1. The fraction of sp³-hybridized carbons (Fsp3) is 0.130. The Morgan fingerprint density at radius 2 is 1.90 bits per heavy atom. The van der Waals surface area contributed by atoms with Crippen molar-refractivity contribution in [3.63, 3.8) is 0 Å². The number of pyridine rings is 1. The van der Waals surface area contributed by atoms with Crippen LogP contribution in [0.1, 0.15) is 24.1 Å². The predicted octanol–water partition coefficient (Wildman–Crippen LogP) is 4.52. The molecule has 0 fully saturated rings. The molecule has 0 radical (unpaired) electrons. The molecule has 7 heteroatoms. The molecule has 4 aromatic rings. The summed E-state index contributed by atoms with van der Waals surface area (Å²) < 4.78 is 27.9. The first-order chi connectivity index (χ1) is 14.0. The first kappa shape index (κ1) is 21.2. The highest BCUT2D eigenvalue weighted by atomic mass is 32.2. The number of aromatic nitrogens is 2. The Morgan fingerprint density at radius 1 is 1.13 bits per heavy atom. The third-order valence-corrected chi connectivity index (χ3v) is 6.15. The number of nitrogens with one attached hydrogen (secondary N) is 2. The molecular formula is C23H22N4O2S. The fourth-order valence-electron chi connectivity index (χ4n) is 3.28. The van der Waals surface area contributed by atoms with Crippen molar-refractivity contribution >= 4 is 21.1 Å². The molecule has 2 aromatic carbocycles. The Hall–Kier alpha value is -3.47. The summed E-state index contributed by atoms with van der Waals surface area (Å²) in [6, 6.07) is 17.9. The summed E-state index contributed by atoms with van der Waals surface area (Å²) in [6.07, 6.45) is 3.51. The molecule has 0 aliphatic heterocycles. The van der Waals surface area contributed by atoms with Gasteiger partial charge >= 0.3 is 0 Å². The van der Waals surface area contributed by atoms with Crippen molar-refractivity contribution in [3.8, 4) is 17.2 Å². The van der Waals surface area contributed by atoms with Crippen LogP contribution in [0.5, 0.6) is 0 Å². The Labute approximate surface area is 176 Å². The lowest BCUT2D eigenvalue weighted by Crippen LogP contribution is -2.23. The summed E-state index contributed by atoms with van der Waals surface area (Å²) in [5.41, 5.74) is 5.11. The molecule has 2 heterocycles. The zero-order valence-corrected chi connectivity index (χ0v) is 16.5. The van der Waals surface area contributed by atoms with Gasteiger partial charge in [0.05, 0.1) is 16.5 Å². The Kier molecular flexibility index (Phi) is 6.01. The van der Waals surface area contributed by atoms with Gasteiger partial charge < -0.3 is 4.98 Å². The summed E-state index contributed by atoms with van der Waals surface area (Å²) in [7, 11) is -3.71. The zero-order chi connectivity index (χ0) is 20.4. The maximum atomic E-state index is 12.6. The van der Waals surface area contributed by atoms with Gasteiger partial charge in [-0.1, -0.05) is 37.3 Å². The van der Waals surface area contributed by atoms with E-state index in [0.29, 0.717) is 11.2 Å². The highest BCUT2D eigenvalue weighted by molar-refractivity contribution is 7.89. The van der Waals surface area contributed by atoms with Gasteiger partial charge in [0.25, 0.3) is 0 Å². The average Bonchev–Trinajstić information content (AvgIpc) is 3.16. The van der Waals surface area contributed by atoms with Crippen molar-refractivity contribution in [3.05, 3.63) is 83.7 Å². The molecule has 2 aromatic heterocycles. The molecule has 0 aliphatic carbocycles. The molecule has 0 bridgehead atoms. The minimum atomic E-state index is -3.71. The van der Waals surface area contributed by atoms with Gasteiger partial charge in [0.2, 0.25) is 10.0 Å². The van der Waals surface area contributed by atoms with Crippen LogP contribution in [-0.4, -0.2) is 18.4 Å². The van der Waals surface area contributed by atoms with Crippen molar-refractivity contribution in [2.24, 2.45) is 0 Å². The van der Waals surface area contributed by atoms with Gasteiger partial charge in [0, 0.05) is 24.3 Å². The molecule has 2 N–H and O–H groups in total. The lowest BCUT2D eigenvalue weighted by atomic mass is 10.00. The maximum Gasteiger partial charge on any atom is 0.240 e. The van der Waals surface area contributed by atoms with Gasteiger partial charge in [-0.05, 0) is 53.9 Å². The Morgan fingerprint density at radius 3 is 2.60 bits per heavy atom. The van der Waals surface area contributed by atoms with E-state index in [0.717, 1.165) is 27.6 Å². The van der Waals surface area contributed by atoms with E-state index in [9.17, 15) is 8.42 Å². The second-order valence-corrected chi connectivity index (χ2v) is 8.49. The van der Waals surface area contributed by atoms with E-state index in [1.165, 1.54) is 24.3 Å². The number of nitriles is 1. The Bertz CT molecular complexity index is 1330. The molecule has 0 atom stereocenters. The quantitative estimate of drug-likeness (QED) is 0.498. The normalized spacial score (nSPS) is 11.1. The van der Waals surface area contributed by atoms with Crippen LogP contribution < -0.4 is 4.72 Å². The standard InChI is InChI=1S/C22H18N4O2S.CH4/c1-15-3-2-4-17(11-15)20-9-10-24-22-21(20)18(13-25-22)14-26-29(27,28)19-7-5-16(12-23)6-8-19;/h2-11,13,26H,14H2,1H3,(H,24,25);1H4. The number of H-pyrrole nitrogens is 1. The van der Waals surface area contributed by atoms with E-state index in [2.05, 4.69) is 20.8 Å². The van der Waals surface area contributed by atoms with Crippen molar-refractivity contribution < 1.29 is 8.42 Å². The van der Waals surface area contributed by atoms with Gasteiger partial charge in [-0.3, -0.25) is 0 Å². The summed E-state index contributed by atoms with van der Waals surface area (Å²) in [5, 5.41) is 9.76. The van der Waals surface area contributed by atoms with Crippen LogP contribution in [0.4, 0.5) is 0 Å². The number of benzene rings is 2. The van der Waals surface area contributed by atoms with Crippen molar-refractivity contribution in [1.29, 1.82) is 5.26 Å². The van der Waals surface area contributed by atoms with E-state index in [1.807, 2.05) is 37.3 Å². The van der Waals surface area contributed by atoms with Crippen LogP contribution in [0.3, 0.4) is 0 Å². The minimum absolute atomic E-state index is 0. The number of fused-ring (bicyclic) bond motifs is 1. The highest BCUT2D eigenvalue weighted by Crippen LogP contribution is 2.30. The monoisotopic (exact) mass is 418 g/mol. The summed E-state index contributed by atoms with van der Waals surface area (Å²) in [5.74, 6) is 0. The van der Waals surface area contributed by atoms with Crippen molar-refractivity contribution in [1.82, 2.24) is 14.7 Å². The maximum absolute atomic E-state index is 12.6. The number of hydrogen-bond donors (Lipinski definition) is 2. The van der Waals surface area contributed by atoms with Gasteiger partial charge in [-0.15, -0.1) is 0 Å². The minimum Gasteiger partial charge on any atom is -0.346 e. The van der Waals surface area contributed by atoms with Crippen LogP contribution in [0.25, 0.3) is 22.2 Å². The van der Waals surface area contributed by atoms with Gasteiger partial charge in [-0.2, -0.15) is 5.26 Å². The van der Waals surface area contributed by atoms with Crippen LogP contribution in [0, 0.1) is 18.3 Å². The molecule has 152 valence electrons. The Balaban J connectivity index is 0.00000256. The number of nitrogens with zero attached hydrogens (tertiary/aromatic N) is 2. The third-order valence-electron chi connectivity index (χ3n) is 4.73. The van der Waals surface area contributed by atoms with Crippen LogP contribution in [-0.2, 0) is 16.6 Å². The SMILES string of the molecule is C.Cc1cccc(-c2ccnc3[nH]cc(CNS(=O)(=O)c4ccc(C#N)cc4)c23)c1.